The topological polar surface area (TPSA) is 0 Å². The molecule has 0 amide bonds. The van der Waals surface area contributed by atoms with Crippen molar-refractivity contribution in [2.75, 3.05) is 0 Å². The van der Waals surface area contributed by atoms with Gasteiger partial charge in [0, 0.05) is 0 Å². The van der Waals surface area contributed by atoms with Crippen molar-refractivity contribution in [1.29, 1.82) is 0 Å². The van der Waals surface area contributed by atoms with Crippen LogP contribution < -0.4 is 0 Å². The van der Waals surface area contributed by atoms with E-state index in [0.717, 1.165) is 47.3 Å². The molecule has 4 aliphatic carbocycles. The Hall–Kier alpha value is -1.56. The van der Waals surface area contributed by atoms with Gasteiger partial charge in [-0.1, -0.05) is 63.1 Å². The highest BCUT2D eigenvalue weighted by Gasteiger charge is 2.55. The first-order valence-corrected chi connectivity index (χ1v) is 15.9. The summed E-state index contributed by atoms with van der Waals surface area (Å²) < 4.78 is 0. The zero-order valence-electron chi connectivity index (χ0n) is 24.7. The Morgan fingerprint density at radius 3 is 1.38 bits per heavy atom. The fourth-order valence-corrected chi connectivity index (χ4v) is 10.8. The quantitative estimate of drug-likeness (QED) is 0.395. The van der Waals surface area contributed by atoms with Gasteiger partial charge in [-0.25, -0.2) is 0 Å². The normalized spacial score (nSPS) is 35.8. The molecule has 0 spiro atoms. The van der Waals surface area contributed by atoms with Gasteiger partial charge in [-0.3, -0.25) is 0 Å². The van der Waals surface area contributed by atoms with Gasteiger partial charge < -0.3 is 0 Å². The lowest BCUT2D eigenvalue weighted by Gasteiger charge is -2.48. The molecule has 0 heteroatoms. The summed E-state index contributed by atoms with van der Waals surface area (Å²) in [6.07, 6.45) is 14.6. The molecule has 37 heavy (non-hydrogen) atoms. The number of hydrogen-bond acceptors (Lipinski definition) is 0. The summed E-state index contributed by atoms with van der Waals surface area (Å²) in [5.41, 5.74) is 9.99. The smallest absolute Gasteiger partial charge is 0.0128 e. The summed E-state index contributed by atoms with van der Waals surface area (Å²) in [6.45, 7) is 14.9. The van der Waals surface area contributed by atoms with Crippen LogP contribution in [0.4, 0.5) is 0 Å². The summed E-state index contributed by atoms with van der Waals surface area (Å²) in [6, 6.07) is 14.2. The third kappa shape index (κ3) is 4.24. The van der Waals surface area contributed by atoms with Gasteiger partial charge in [0.05, 0.1) is 0 Å². The Labute approximate surface area is 228 Å². The minimum Gasteiger partial charge on any atom is -0.0617 e. The molecule has 8 unspecified atom stereocenters. The van der Waals surface area contributed by atoms with Crippen LogP contribution in [0.3, 0.4) is 0 Å². The molecule has 0 N–H and O–H groups in total. The van der Waals surface area contributed by atoms with E-state index in [0.29, 0.717) is 5.41 Å². The molecule has 0 aromatic heterocycles. The van der Waals surface area contributed by atoms with Crippen molar-refractivity contribution in [1.82, 2.24) is 0 Å². The highest BCUT2D eigenvalue weighted by atomic mass is 14.6. The van der Waals surface area contributed by atoms with E-state index in [1.807, 2.05) is 0 Å². The molecule has 4 aliphatic rings. The molecule has 200 valence electrons. The Morgan fingerprint density at radius 1 is 0.514 bits per heavy atom. The van der Waals surface area contributed by atoms with Gasteiger partial charge in [0.2, 0.25) is 0 Å². The average Bonchev–Trinajstić information content (AvgIpc) is 3.53. The zero-order chi connectivity index (χ0) is 25.9. The van der Waals surface area contributed by atoms with Gasteiger partial charge in [0.15, 0.2) is 0 Å². The second-order valence-corrected chi connectivity index (χ2v) is 14.5. The molecule has 0 radical (unpaired) electrons. The third-order valence-electron chi connectivity index (χ3n) is 12.9. The summed E-state index contributed by atoms with van der Waals surface area (Å²) >= 11 is 0. The van der Waals surface area contributed by atoms with Crippen molar-refractivity contribution in [3.05, 3.63) is 69.8 Å². The second-order valence-electron chi connectivity index (χ2n) is 14.5. The van der Waals surface area contributed by atoms with Crippen LogP contribution in [0.25, 0.3) is 0 Å². The van der Waals surface area contributed by atoms with Crippen LogP contribution in [0.2, 0.25) is 0 Å². The highest BCUT2D eigenvalue weighted by Crippen LogP contribution is 2.64. The predicted molar refractivity (Wildman–Crippen MR) is 158 cm³/mol. The lowest BCUT2D eigenvalue weighted by Crippen LogP contribution is -2.41. The van der Waals surface area contributed by atoms with Crippen molar-refractivity contribution < 1.29 is 0 Å². The molecule has 0 saturated heterocycles. The summed E-state index contributed by atoms with van der Waals surface area (Å²) in [4.78, 5) is 0. The van der Waals surface area contributed by atoms with Crippen molar-refractivity contribution in [3.63, 3.8) is 0 Å². The lowest BCUT2D eigenvalue weighted by atomic mass is 9.57. The van der Waals surface area contributed by atoms with E-state index in [-0.39, 0.29) is 0 Å². The maximum Gasteiger partial charge on any atom is -0.0128 e. The average molecular weight is 497 g/mol. The number of hydrogen-bond donors (Lipinski definition) is 0. The fourth-order valence-electron chi connectivity index (χ4n) is 10.8. The molecule has 2 aromatic rings. The first-order valence-electron chi connectivity index (χ1n) is 15.9. The minimum atomic E-state index is 0.478. The first kappa shape index (κ1) is 25.7. The van der Waals surface area contributed by atoms with Gasteiger partial charge in [-0.05, 0) is 165 Å². The maximum atomic E-state index is 2.73. The molecule has 4 fully saturated rings. The first-order chi connectivity index (χ1) is 17.8. The number of aryl methyl sites for hydroxylation is 2. The van der Waals surface area contributed by atoms with Crippen LogP contribution in [0, 0.1) is 68.6 Å². The maximum absolute atomic E-state index is 2.73. The Bertz CT molecular complexity index is 1030. The van der Waals surface area contributed by atoms with Crippen LogP contribution in [0.1, 0.15) is 123 Å². The predicted octanol–water partition coefficient (Wildman–Crippen LogP) is 10.5. The Balaban J connectivity index is 1.24. The Kier molecular flexibility index (Phi) is 6.86. The molecule has 0 nitrogen and oxygen atoms in total. The van der Waals surface area contributed by atoms with E-state index < -0.39 is 0 Å². The van der Waals surface area contributed by atoms with Crippen LogP contribution in [0.5, 0.6) is 0 Å². The summed E-state index contributed by atoms with van der Waals surface area (Å²) in [5.74, 6) is 7.20. The molecule has 0 bridgehead atoms. The highest BCUT2D eigenvalue weighted by molar-refractivity contribution is 5.38. The van der Waals surface area contributed by atoms with E-state index in [1.54, 1.807) is 22.3 Å². The van der Waals surface area contributed by atoms with Crippen LogP contribution in [-0.4, -0.2) is 0 Å². The third-order valence-corrected chi connectivity index (χ3v) is 12.9. The lowest BCUT2D eigenvalue weighted by molar-refractivity contribution is 0.0204. The SMILES string of the molecule is Cc1cccc(C2CCCC3C2CCC3C(C)(C)C2CCC3C(c4cccc(C)c4C)CCCC32)c1C. The molecular formula is C37H52. The van der Waals surface area contributed by atoms with Crippen molar-refractivity contribution in [2.24, 2.45) is 40.9 Å². The van der Waals surface area contributed by atoms with Gasteiger partial charge in [-0.15, -0.1) is 0 Å². The molecular weight excluding hydrogens is 444 g/mol. The molecule has 0 heterocycles. The largest absolute Gasteiger partial charge is 0.0617 e. The van der Waals surface area contributed by atoms with E-state index in [9.17, 15) is 0 Å². The number of benzene rings is 2. The molecule has 0 aliphatic heterocycles. The van der Waals surface area contributed by atoms with Crippen molar-refractivity contribution >= 4 is 0 Å². The van der Waals surface area contributed by atoms with E-state index in [4.69, 9.17) is 0 Å². The fraction of sp³-hybridized carbons (Fsp3) is 0.676. The summed E-state index contributed by atoms with van der Waals surface area (Å²) in [5, 5.41) is 0. The molecule has 6 rings (SSSR count). The number of rotatable bonds is 4. The van der Waals surface area contributed by atoms with E-state index in [1.165, 1.54) is 75.3 Å². The van der Waals surface area contributed by atoms with Crippen molar-refractivity contribution in [3.8, 4) is 0 Å². The zero-order valence-corrected chi connectivity index (χ0v) is 24.7. The van der Waals surface area contributed by atoms with E-state index in [2.05, 4.69) is 77.9 Å². The van der Waals surface area contributed by atoms with Crippen molar-refractivity contribution in [2.45, 2.75) is 118 Å². The number of fused-ring (bicyclic) bond motifs is 2. The monoisotopic (exact) mass is 496 g/mol. The Morgan fingerprint density at radius 2 is 0.946 bits per heavy atom. The summed E-state index contributed by atoms with van der Waals surface area (Å²) in [7, 11) is 0. The van der Waals surface area contributed by atoms with Gasteiger partial charge in [0.1, 0.15) is 0 Å². The van der Waals surface area contributed by atoms with Gasteiger partial charge in [-0.2, -0.15) is 0 Å². The van der Waals surface area contributed by atoms with Crippen LogP contribution >= 0.6 is 0 Å². The minimum absolute atomic E-state index is 0.478. The van der Waals surface area contributed by atoms with Crippen LogP contribution in [0.15, 0.2) is 36.4 Å². The van der Waals surface area contributed by atoms with Gasteiger partial charge >= 0.3 is 0 Å². The molecule has 8 atom stereocenters. The van der Waals surface area contributed by atoms with Gasteiger partial charge in [0.25, 0.3) is 0 Å². The van der Waals surface area contributed by atoms with Crippen LogP contribution in [-0.2, 0) is 0 Å². The standard InChI is InChI=1S/C37H52/c1-23-11-7-13-27(25(23)3)29-15-9-17-33-31(29)19-21-35(33)37(5,6)36-22-20-32-30(16-10-18-34(32)36)28-14-8-12-24(2)26(28)4/h7-8,11-14,29-36H,9-10,15-22H2,1-6H3. The molecule has 2 aromatic carbocycles. The second kappa shape index (κ2) is 9.88. The molecule has 4 saturated carbocycles. The van der Waals surface area contributed by atoms with E-state index >= 15 is 0 Å².